The Bertz CT molecular complexity index is 573. The molecule has 1 heterocycles. The first-order chi connectivity index (χ1) is 8.19. The number of nitrogens with one attached hydrogen (secondary N) is 1. The zero-order chi connectivity index (χ0) is 12.4. The van der Waals surface area contributed by atoms with Gasteiger partial charge in [0, 0.05) is 11.8 Å². The molecule has 0 saturated carbocycles. The average Bonchev–Trinajstić information content (AvgIpc) is 2.64. The lowest BCUT2D eigenvalue weighted by Crippen LogP contribution is -2.10. The van der Waals surface area contributed by atoms with Crippen molar-refractivity contribution in [2.24, 2.45) is 0 Å². The maximum absolute atomic E-state index is 6.17. The number of benzene rings is 1. The minimum Gasteiger partial charge on any atom is -0.329 e. The molecular weight excluding hydrogens is 272 g/mol. The number of aromatic nitrogens is 2. The van der Waals surface area contributed by atoms with Gasteiger partial charge in [-0.1, -0.05) is 24.6 Å². The molecule has 0 aliphatic rings. The summed E-state index contributed by atoms with van der Waals surface area (Å²) in [5, 5.41) is 0.728. The number of aromatic amines is 1. The van der Waals surface area contributed by atoms with Crippen LogP contribution in [0.25, 0.3) is 11.0 Å². The monoisotopic (exact) mass is 286 g/mol. The third-order valence-electron chi connectivity index (χ3n) is 2.90. The smallest absolute Gasteiger partial charge is 0.178 e. The Labute approximate surface area is 115 Å². The van der Waals surface area contributed by atoms with Crippen molar-refractivity contribution in [3.8, 4) is 0 Å². The number of rotatable bonds is 4. The molecule has 0 amide bonds. The van der Waals surface area contributed by atoms with E-state index in [-0.39, 0.29) is 0 Å². The molecule has 0 spiro atoms. The predicted octanol–water partition coefficient (Wildman–Crippen LogP) is 4.67. The van der Waals surface area contributed by atoms with E-state index < -0.39 is 0 Å². The molecule has 2 aromatic rings. The van der Waals surface area contributed by atoms with Crippen molar-refractivity contribution in [2.75, 3.05) is 12.0 Å². The number of thioether (sulfide) groups is 1. The van der Waals surface area contributed by atoms with Crippen LogP contribution in [0.2, 0.25) is 5.02 Å². The maximum Gasteiger partial charge on any atom is 0.178 e. The number of para-hydroxylation sites is 1. The highest BCUT2D eigenvalue weighted by molar-refractivity contribution is 7.98. The molecule has 1 unspecified atom stereocenters. The van der Waals surface area contributed by atoms with Crippen LogP contribution in [0.5, 0.6) is 0 Å². The fourth-order valence-electron chi connectivity index (χ4n) is 2.04. The average molecular weight is 287 g/mol. The van der Waals surface area contributed by atoms with Crippen LogP contribution in [0.1, 0.15) is 19.4 Å². The largest absolute Gasteiger partial charge is 0.329 e. The van der Waals surface area contributed by atoms with Crippen molar-refractivity contribution in [1.29, 1.82) is 0 Å². The lowest BCUT2D eigenvalue weighted by molar-refractivity contribution is 0.547. The molecule has 0 fully saturated rings. The van der Waals surface area contributed by atoms with Crippen LogP contribution < -0.4 is 0 Å². The second kappa shape index (κ2) is 5.46. The van der Waals surface area contributed by atoms with Crippen LogP contribution in [-0.2, 0) is 0 Å². The van der Waals surface area contributed by atoms with Gasteiger partial charge >= 0.3 is 0 Å². The van der Waals surface area contributed by atoms with E-state index >= 15 is 0 Å². The summed E-state index contributed by atoms with van der Waals surface area (Å²) in [5.74, 6) is 1.06. The van der Waals surface area contributed by atoms with E-state index in [1.54, 1.807) is 0 Å². The van der Waals surface area contributed by atoms with Crippen LogP contribution in [0.15, 0.2) is 18.2 Å². The van der Waals surface area contributed by atoms with Crippen LogP contribution in [-0.4, -0.2) is 21.6 Å². The quantitative estimate of drug-likeness (QED) is 0.825. The summed E-state index contributed by atoms with van der Waals surface area (Å²) in [4.78, 5) is 3.21. The Morgan fingerprint density at radius 2 is 2.29 bits per heavy atom. The third kappa shape index (κ3) is 2.39. The van der Waals surface area contributed by atoms with Gasteiger partial charge in [-0.25, -0.2) is 0 Å². The lowest BCUT2D eigenvalue weighted by Gasteiger charge is -2.16. The second-order valence-corrected chi connectivity index (χ2v) is 5.66. The highest BCUT2D eigenvalue weighted by Gasteiger charge is 2.14. The molecule has 0 radical (unpaired) electrons. The number of hydrogen-bond donors (Lipinski definition) is 1. The number of hydrogen-bond acceptors (Lipinski definition) is 2. The van der Waals surface area contributed by atoms with Gasteiger partial charge in [0.05, 0.1) is 16.1 Å². The summed E-state index contributed by atoms with van der Waals surface area (Å²) >= 11 is 13.4. The van der Waals surface area contributed by atoms with E-state index in [1.807, 2.05) is 23.9 Å². The topological polar surface area (TPSA) is 20.7 Å². The summed E-state index contributed by atoms with van der Waals surface area (Å²) in [5.41, 5.74) is 2.04. The number of nitrogens with zero attached hydrogens (tertiary/aromatic N) is 1. The molecule has 1 aromatic carbocycles. The third-order valence-corrected chi connectivity index (χ3v) is 4.23. The molecular formula is C12H15ClN2S2. The van der Waals surface area contributed by atoms with Crippen LogP contribution in [0.3, 0.4) is 0 Å². The van der Waals surface area contributed by atoms with E-state index in [0.29, 0.717) is 6.04 Å². The highest BCUT2D eigenvalue weighted by atomic mass is 35.5. The molecule has 2 rings (SSSR count). The van der Waals surface area contributed by atoms with Crippen molar-refractivity contribution in [2.45, 2.75) is 19.4 Å². The zero-order valence-electron chi connectivity index (χ0n) is 9.87. The van der Waals surface area contributed by atoms with Gasteiger partial charge in [0.2, 0.25) is 0 Å². The summed E-state index contributed by atoms with van der Waals surface area (Å²) in [6.07, 6.45) is 3.18. The van der Waals surface area contributed by atoms with Gasteiger partial charge in [-0.3, -0.25) is 0 Å². The summed E-state index contributed by atoms with van der Waals surface area (Å²) in [7, 11) is 0. The maximum atomic E-state index is 6.17. The molecule has 17 heavy (non-hydrogen) atoms. The van der Waals surface area contributed by atoms with E-state index in [4.69, 9.17) is 23.8 Å². The van der Waals surface area contributed by atoms with Crippen molar-refractivity contribution in [1.82, 2.24) is 9.55 Å². The predicted molar refractivity (Wildman–Crippen MR) is 79.8 cm³/mol. The summed E-state index contributed by atoms with van der Waals surface area (Å²) in [6, 6.07) is 6.34. The number of H-pyrrole nitrogens is 1. The Morgan fingerprint density at radius 3 is 2.94 bits per heavy atom. The molecule has 0 saturated heterocycles. The number of imidazole rings is 1. The summed E-state index contributed by atoms with van der Waals surface area (Å²) < 4.78 is 2.95. The number of halogens is 1. The first-order valence-corrected chi connectivity index (χ1v) is 7.74. The van der Waals surface area contributed by atoms with Gasteiger partial charge < -0.3 is 9.55 Å². The van der Waals surface area contributed by atoms with Gasteiger partial charge in [-0.2, -0.15) is 11.8 Å². The van der Waals surface area contributed by atoms with Crippen molar-refractivity contribution < 1.29 is 0 Å². The van der Waals surface area contributed by atoms with Gasteiger partial charge in [0.1, 0.15) is 0 Å². The first-order valence-electron chi connectivity index (χ1n) is 5.56. The minimum atomic E-state index is 0.421. The SMILES string of the molecule is CCC(CSC)n1c(=S)[nH]c2c(Cl)cccc21. The van der Waals surface area contributed by atoms with E-state index in [1.165, 1.54) is 0 Å². The Balaban J connectivity index is 2.64. The Hall–Kier alpha value is -0.450. The highest BCUT2D eigenvalue weighted by Crippen LogP contribution is 2.27. The Kier molecular flexibility index (Phi) is 4.17. The van der Waals surface area contributed by atoms with Crippen LogP contribution in [0.4, 0.5) is 0 Å². The zero-order valence-corrected chi connectivity index (χ0v) is 12.3. The van der Waals surface area contributed by atoms with Crippen LogP contribution >= 0.6 is 35.6 Å². The van der Waals surface area contributed by atoms with Gasteiger partial charge in [0.15, 0.2) is 4.77 Å². The molecule has 92 valence electrons. The minimum absolute atomic E-state index is 0.421. The first kappa shape index (κ1) is 13.0. The number of fused-ring (bicyclic) bond motifs is 1. The molecule has 0 bridgehead atoms. The van der Waals surface area contributed by atoms with Gasteiger partial charge in [-0.15, -0.1) is 0 Å². The van der Waals surface area contributed by atoms with E-state index in [0.717, 1.165) is 33.0 Å². The Morgan fingerprint density at radius 1 is 1.53 bits per heavy atom. The molecule has 0 aliphatic carbocycles. The second-order valence-electron chi connectivity index (χ2n) is 3.95. The molecule has 1 aromatic heterocycles. The fraction of sp³-hybridized carbons (Fsp3) is 0.417. The van der Waals surface area contributed by atoms with Crippen molar-refractivity contribution in [3.63, 3.8) is 0 Å². The van der Waals surface area contributed by atoms with Crippen molar-refractivity contribution >= 4 is 46.6 Å². The molecule has 1 atom stereocenters. The van der Waals surface area contributed by atoms with E-state index in [2.05, 4.69) is 28.8 Å². The molecule has 1 N–H and O–H groups in total. The normalized spacial score (nSPS) is 13.1. The molecule has 5 heteroatoms. The molecule has 2 nitrogen and oxygen atoms in total. The molecule has 0 aliphatic heterocycles. The standard InChI is InChI=1S/C12H15ClN2S2/c1-3-8(7-17-2)15-10-6-4-5-9(13)11(10)14-12(15)16/h4-6,8H,3,7H2,1-2H3,(H,14,16). The lowest BCUT2D eigenvalue weighted by atomic mass is 10.2. The van der Waals surface area contributed by atoms with Crippen molar-refractivity contribution in [3.05, 3.63) is 28.0 Å². The summed E-state index contributed by atoms with van der Waals surface area (Å²) in [6.45, 7) is 2.19. The van der Waals surface area contributed by atoms with E-state index in [9.17, 15) is 0 Å². The fourth-order valence-corrected chi connectivity index (χ4v) is 3.38. The van der Waals surface area contributed by atoms with Gasteiger partial charge in [-0.05, 0) is 37.0 Å². The van der Waals surface area contributed by atoms with Crippen LogP contribution in [0, 0.1) is 4.77 Å². The van der Waals surface area contributed by atoms with Gasteiger partial charge in [0.25, 0.3) is 0 Å².